The number of carboxylic acid groups (broad SMARTS) is 1. The van der Waals surface area contributed by atoms with Gasteiger partial charge in [-0.1, -0.05) is 41.9 Å². The van der Waals surface area contributed by atoms with Crippen molar-refractivity contribution in [3.8, 4) is 5.75 Å². The number of imidazole rings is 1. The van der Waals surface area contributed by atoms with E-state index in [9.17, 15) is 14.7 Å². The monoisotopic (exact) mass is 405 g/mol. The number of fused-ring (bicyclic) bond motifs is 1. The molecule has 0 spiro atoms. The van der Waals surface area contributed by atoms with Gasteiger partial charge in [-0.15, -0.1) is 0 Å². The molecule has 1 heterocycles. The van der Waals surface area contributed by atoms with Crippen molar-refractivity contribution in [1.82, 2.24) is 9.55 Å². The molecule has 0 aliphatic rings. The fourth-order valence-electron chi connectivity index (χ4n) is 3.05. The molecule has 29 heavy (non-hydrogen) atoms. The van der Waals surface area contributed by atoms with E-state index < -0.39 is 11.9 Å². The van der Waals surface area contributed by atoms with Crippen molar-refractivity contribution >= 4 is 34.5 Å². The number of carbonyl (C=O) groups excluding carboxylic acids is 2. The van der Waals surface area contributed by atoms with Crippen LogP contribution < -0.4 is 9.84 Å². The van der Waals surface area contributed by atoms with Crippen LogP contribution in [0.15, 0.2) is 72.8 Å². The number of rotatable bonds is 5. The van der Waals surface area contributed by atoms with Crippen molar-refractivity contribution in [2.45, 2.75) is 6.61 Å². The van der Waals surface area contributed by atoms with Crippen LogP contribution in [0.1, 0.15) is 26.5 Å². The third-order valence-electron chi connectivity index (χ3n) is 4.39. The van der Waals surface area contributed by atoms with Crippen molar-refractivity contribution in [3.05, 3.63) is 94.8 Å². The molecule has 3 aromatic carbocycles. The normalized spacial score (nSPS) is 10.8. The molecular weight excluding hydrogens is 392 g/mol. The minimum absolute atomic E-state index is 0.00946. The molecule has 7 heteroatoms. The summed E-state index contributed by atoms with van der Waals surface area (Å²) in [5.74, 6) is -1.03. The standard InChI is InChI=1S/C22H15ClN2O4/c23-14-9-11-15(12-10-14)29-13-20-24-18-7-3-4-8-19(18)25(20)21(26)16-5-1-2-6-17(16)22(27)28/h1-12H,13H2,(H,27,28)/p-1. The van der Waals surface area contributed by atoms with Crippen molar-refractivity contribution in [2.24, 2.45) is 0 Å². The zero-order valence-electron chi connectivity index (χ0n) is 15.0. The molecular formula is C22H14ClN2O4-. The average Bonchev–Trinajstić information content (AvgIpc) is 3.11. The minimum atomic E-state index is -1.42. The van der Waals surface area contributed by atoms with Crippen molar-refractivity contribution < 1.29 is 19.4 Å². The molecule has 0 bridgehead atoms. The topological polar surface area (TPSA) is 84.2 Å². The third-order valence-corrected chi connectivity index (χ3v) is 4.64. The molecule has 0 unspecified atom stereocenters. The molecule has 0 amide bonds. The van der Waals surface area contributed by atoms with Gasteiger partial charge in [0.05, 0.1) is 17.0 Å². The molecule has 0 fully saturated rings. The third kappa shape index (κ3) is 3.70. The Morgan fingerprint density at radius 1 is 0.931 bits per heavy atom. The van der Waals surface area contributed by atoms with Crippen LogP contribution in [0.25, 0.3) is 11.0 Å². The number of hydrogen-bond donors (Lipinski definition) is 0. The lowest BCUT2D eigenvalue weighted by Gasteiger charge is -2.13. The zero-order chi connectivity index (χ0) is 20.4. The molecule has 0 N–H and O–H groups in total. The van der Waals surface area contributed by atoms with Crippen molar-refractivity contribution in [1.29, 1.82) is 0 Å². The summed E-state index contributed by atoms with van der Waals surface area (Å²) < 4.78 is 7.13. The van der Waals surface area contributed by atoms with Crippen LogP contribution in [0.2, 0.25) is 5.02 Å². The maximum Gasteiger partial charge on any atom is 0.264 e. The van der Waals surface area contributed by atoms with Gasteiger partial charge in [-0.05, 0) is 42.5 Å². The van der Waals surface area contributed by atoms with Crippen molar-refractivity contribution in [3.63, 3.8) is 0 Å². The van der Waals surface area contributed by atoms with E-state index >= 15 is 0 Å². The Kier molecular flexibility index (Phi) is 5.01. The van der Waals surface area contributed by atoms with Crippen LogP contribution in [0.3, 0.4) is 0 Å². The lowest BCUT2D eigenvalue weighted by atomic mass is 10.1. The summed E-state index contributed by atoms with van der Waals surface area (Å²) in [5, 5.41) is 12.0. The maximum atomic E-state index is 13.3. The number of para-hydroxylation sites is 2. The number of ether oxygens (including phenoxy) is 1. The SMILES string of the molecule is O=C([O-])c1ccccc1C(=O)n1c(COc2ccc(Cl)cc2)nc2ccccc21. The molecule has 0 saturated heterocycles. The quantitative estimate of drug-likeness (QED) is 0.508. The minimum Gasteiger partial charge on any atom is -0.545 e. The second-order valence-electron chi connectivity index (χ2n) is 6.23. The predicted molar refractivity (Wildman–Crippen MR) is 106 cm³/mol. The molecule has 0 radical (unpaired) electrons. The highest BCUT2D eigenvalue weighted by Gasteiger charge is 2.21. The molecule has 6 nitrogen and oxygen atoms in total. The van der Waals surface area contributed by atoms with E-state index in [-0.39, 0.29) is 17.7 Å². The second kappa shape index (κ2) is 7.77. The summed E-state index contributed by atoms with van der Waals surface area (Å²) >= 11 is 5.89. The lowest BCUT2D eigenvalue weighted by Crippen LogP contribution is -2.27. The number of aromatic nitrogens is 2. The summed E-state index contributed by atoms with van der Waals surface area (Å²) in [6.07, 6.45) is 0. The Hall–Kier alpha value is -3.64. The first-order valence-electron chi connectivity index (χ1n) is 8.74. The molecule has 0 aliphatic carbocycles. The summed E-state index contributed by atoms with van der Waals surface area (Å²) in [6.45, 7) is 0.00946. The first-order chi connectivity index (χ1) is 14.0. The largest absolute Gasteiger partial charge is 0.545 e. The summed E-state index contributed by atoms with van der Waals surface area (Å²) in [5.41, 5.74) is 0.991. The average molecular weight is 406 g/mol. The lowest BCUT2D eigenvalue weighted by molar-refractivity contribution is -0.255. The molecule has 4 rings (SSSR count). The Morgan fingerprint density at radius 2 is 1.59 bits per heavy atom. The van der Waals surface area contributed by atoms with Crippen molar-refractivity contribution in [2.75, 3.05) is 0 Å². The second-order valence-corrected chi connectivity index (χ2v) is 6.67. The number of benzene rings is 3. The molecule has 0 aliphatic heterocycles. The van der Waals surface area contributed by atoms with Gasteiger partial charge >= 0.3 is 0 Å². The number of aromatic carboxylic acids is 1. The number of carbonyl (C=O) groups is 2. The van der Waals surface area contributed by atoms with E-state index in [1.165, 1.54) is 16.7 Å². The summed E-state index contributed by atoms with van der Waals surface area (Å²) in [7, 11) is 0. The number of hydrogen-bond acceptors (Lipinski definition) is 5. The van der Waals surface area contributed by atoms with Gasteiger partial charge in [-0.3, -0.25) is 9.36 Å². The molecule has 0 saturated carbocycles. The van der Waals surface area contributed by atoms with Crippen LogP contribution in [0, 0.1) is 0 Å². The highest BCUT2D eigenvalue weighted by Crippen LogP contribution is 2.22. The van der Waals surface area contributed by atoms with Gasteiger partial charge in [-0.2, -0.15) is 0 Å². The van der Waals surface area contributed by atoms with Gasteiger partial charge < -0.3 is 14.6 Å². The Bertz CT molecular complexity index is 1220. The Labute approximate surface area is 170 Å². The van der Waals surface area contributed by atoms with Gasteiger partial charge in [0.1, 0.15) is 12.4 Å². The van der Waals surface area contributed by atoms with Crippen LogP contribution in [0.5, 0.6) is 5.75 Å². The van der Waals surface area contributed by atoms with Crippen LogP contribution in [-0.2, 0) is 6.61 Å². The summed E-state index contributed by atoms with van der Waals surface area (Å²) in [4.78, 5) is 29.2. The van der Waals surface area contributed by atoms with Gasteiger partial charge in [-0.25, -0.2) is 4.98 Å². The van der Waals surface area contributed by atoms with E-state index in [1.807, 2.05) is 6.07 Å². The Balaban J connectivity index is 1.77. The highest BCUT2D eigenvalue weighted by atomic mass is 35.5. The highest BCUT2D eigenvalue weighted by molar-refractivity contribution is 6.30. The van der Waals surface area contributed by atoms with E-state index in [1.54, 1.807) is 54.6 Å². The van der Waals surface area contributed by atoms with Gasteiger partial charge in [0.15, 0.2) is 5.82 Å². The zero-order valence-corrected chi connectivity index (χ0v) is 15.8. The van der Waals surface area contributed by atoms with Crippen LogP contribution >= 0.6 is 11.6 Å². The van der Waals surface area contributed by atoms with E-state index in [2.05, 4.69) is 4.98 Å². The van der Waals surface area contributed by atoms with Gasteiger partial charge in [0, 0.05) is 16.1 Å². The molecule has 1 aromatic heterocycles. The van der Waals surface area contributed by atoms with E-state index in [0.717, 1.165) is 0 Å². The summed E-state index contributed by atoms with van der Waals surface area (Å²) in [6, 6.07) is 19.8. The number of halogens is 1. The molecule has 144 valence electrons. The first kappa shape index (κ1) is 18.7. The van der Waals surface area contributed by atoms with Crippen LogP contribution in [-0.4, -0.2) is 21.4 Å². The molecule has 0 atom stereocenters. The van der Waals surface area contributed by atoms with Crippen LogP contribution in [0.4, 0.5) is 0 Å². The maximum absolute atomic E-state index is 13.3. The Morgan fingerprint density at radius 3 is 2.31 bits per heavy atom. The van der Waals surface area contributed by atoms with E-state index in [0.29, 0.717) is 27.6 Å². The predicted octanol–water partition coefficient (Wildman–Crippen LogP) is 3.32. The fraction of sp³-hybridized carbons (Fsp3) is 0.0455. The number of carboxylic acids is 1. The molecule has 4 aromatic rings. The number of nitrogens with zero attached hydrogens (tertiary/aromatic N) is 2. The fourth-order valence-corrected chi connectivity index (χ4v) is 3.17. The smallest absolute Gasteiger partial charge is 0.264 e. The van der Waals surface area contributed by atoms with E-state index in [4.69, 9.17) is 16.3 Å². The van der Waals surface area contributed by atoms with Gasteiger partial charge in [0.2, 0.25) is 0 Å². The first-order valence-corrected chi connectivity index (χ1v) is 9.12. The van der Waals surface area contributed by atoms with Gasteiger partial charge in [0.25, 0.3) is 5.91 Å².